The molecule has 104 valence electrons. The number of benzene rings is 1. The van der Waals surface area contributed by atoms with E-state index in [1.165, 1.54) is 25.8 Å². The molecular weight excluding hydrogens is 238 g/mol. The molecule has 1 aliphatic rings. The minimum Gasteiger partial charge on any atom is -0.492 e. The number of nitrogens with two attached hydrogens (primary N) is 1. The van der Waals surface area contributed by atoms with Gasteiger partial charge in [-0.05, 0) is 50.1 Å². The lowest BCUT2D eigenvalue weighted by Gasteiger charge is -2.30. The van der Waals surface area contributed by atoms with Gasteiger partial charge < -0.3 is 15.4 Å². The largest absolute Gasteiger partial charge is 0.492 e. The summed E-state index contributed by atoms with van der Waals surface area (Å²) in [6, 6.07) is 7.36. The number of likely N-dealkylation sites (N-methyl/N-ethyl adjacent to an activating group) is 1. The SMILES string of the molecule is CN(CCOc1ccc(C(=N)N)cc1)CC1CCC1. The molecule has 1 fully saturated rings. The smallest absolute Gasteiger partial charge is 0.122 e. The molecule has 4 nitrogen and oxygen atoms in total. The van der Waals surface area contributed by atoms with E-state index < -0.39 is 0 Å². The summed E-state index contributed by atoms with van der Waals surface area (Å²) in [7, 11) is 2.15. The summed E-state index contributed by atoms with van der Waals surface area (Å²) < 4.78 is 5.69. The Kier molecular flexibility index (Phi) is 4.80. The van der Waals surface area contributed by atoms with Crippen molar-refractivity contribution < 1.29 is 4.74 Å². The fourth-order valence-corrected chi connectivity index (χ4v) is 2.26. The van der Waals surface area contributed by atoms with E-state index in [0.717, 1.165) is 23.8 Å². The molecule has 0 atom stereocenters. The Balaban J connectivity index is 1.68. The van der Waals surface area contributed by atoms with Gasteiger partial charge in [0.25, 0.3) is 0 Å². The van der Waals surface area contributed by atoms with Gasteiger partial charge in [-0.25, -0.2) is 0 Å². The molecule has 0 spiro atoms. The summed E-state index contributed by atoms with van der Waals surface area (Å²) in [4.78, 5) is 2.34. The van der Waals surface area contributed by atoms with Crippen molar-refractivity contribution in [3.05, 3.63) is 29.8 Å². The summed E-state index contributed by atoms with van der Waals surface area (Å²) in [6.07, 6.45) is 4.17. The average Bonchev–Trinajstić information content (AvgIpc) is 2.34. The third kappa shape index (κ3) is 4.24. The van der Waals surface area contributed by atoms with E-state index in [0.29, 0.717) is 6.61 Å². The first-order valence-corrected chi connectivity index (χ1v) is 6.91. The summed E-state index contributed by atoms with van der Waals surface area (Å²) >= 11 is 0. The van der Waals surface area contributed by atoms with Crippen molar-refractivity contribution in [2.24, 2.45) is 11.7 Å². The molecule has 2 rings (SSSR count). The third-order valence-corrected chi connectivity index (χ3v) is 3.70. The van der Waals surface area contributed by atoms with Gasteiger partial charge in [-0.1, -0.05) is 6.42 Å². The van der Waals surface area contributed by atoms with E-state index in [4.69, 9.17) is 15.9 Å². The van der Waals surface area contributed by atoms with Crippen molar-refractivity contribution >= 4 is 5.84 Å². The molecule has 1 aromatic rings. The van der Waals surface area contributed by atoms with Gasteiger partial charge in [0.15, 0.2) is 0 Å². The first-order chi connectivity index (χ1) is 9.15. The first-order valence-electron chi connectivity index (χ1n) is 6.91. The van der Waals surface area contributed by atoms with Crippen molar-refractivity contribution in [3.63, 3.8) is 0 Å². The van der Waals surface area contributed by atoms with Crippen LogP contribution in [0.5, 0.6) is 5.75 Å². The van der Waals surface area contributed by atoms with Crippen LogP contribution in [0.25, 0.3) is 0 Å². The topological polar surface area (TPSA) is 62.3 Å². The lowest BCUT2D eigenvalue weighted by molar-refractivity contribution is 0.177. The molecule has 0 aliphatic heterocycles. The lowest BCUT2D eigenvalue weighted by Crippen LogP contribution is -2.32. The van der Waals surface area contributed by atoms with Crippen LogP contribution in [-0.2, 0) is 0 Å². The molecule has 0 unspecified atom stereocenters. The standard InChI is InChI=1S/C15H23N3O/c1-18(11-12-3-2-4-12)9-10-19-14-7-5-13(6-8-14)15(16)17/h5-8,12H,2-4,9-11H2,1H3,(H3,16,17). The average molecular weight is 261 g/mol. The lowest BCUT2D eigenvalue weighted by atomic mass is 9.85. The Morgan fingerprint density at radius 1 is 1.37 bits per heavy atom. The molecular formula is C15H23N3O. The number of amidine groups is 1. The Hall–Kier alpha value is -1.55. The van der Waals surface area contributed by atoms with Crippen molar-refractivity contribution in [3.8, 4) is 5.75 Å². The monoisotopic (exact) mass is 261 g/mol. The zero-order valence-electron chi connectivity index (χ0n) is 11.6. The van der Waals surface area contributed by atoms with Gasteiger partial charge in [0.05, 0.1) is 0 Å². The van der Waals surface area contributed by atoms with E-state index >= 15 is 0 Å². The molecule has 0 aromatic heterocycles. The molecule has 1 aliphatic carbocycles. The fourth-order valence-electron chi connectivity index (χ4n) is 2.26. The van der Waals surface area contributed by atoms with Crippen molar-refractivity contribution in [1.82, 2.24) is 4.90 Å². The van der Waals surface area contributed by atoms with Crippen LogP contribution in [-0.4, -0.2) is 37.5 Å². The summed E-state index contributed by atoms with van der Waals surface area (Å²) in [5, 5.41) is 7.32. The second kappa shape index (κ2) is 6.57. The number of ether oxygens (including phenoxy) is 1. The Morgan fingerprint density at radius 3 is 2.58 bits per heavy atom. The van der Waals surface area contributed by atoms with Gasteiger partial charge in [-0.2, -0.15) is 0 Å². The molecule has 0 saturated heterocycles. The summed E-state index contributed by atoms with van der Waals surface area (Å²) in [6.45, 7) is 2.83. The van der Waals surface area contributed by atoms with Gasteiger partial charge in [0, 0.05) is 18.7 Å². The van der Waals surface area contributed by atoms with Crippen LogP contribution in [0.1, 0.15) is 24.8 Å². The van der Waals surface area contributed by atoms with Gasteiger partial charge in [-0.3, -0.25) is 5.41 Å². The number of hydrogen-bond acceptors (Lipinski definition) is 3. The van der Waals surface area contributed by atoms with Crippen molar-refractivity contribution in [2.45, 2.75) is 19.3 Å². The van der Waals surface area contributed by atoms with Crippen LogP contribution in [0.4, 0.5) is 0 Å². The van der Waals surface area contributed by atoms with Crippen LogP contribution in [0.3, 0.4) is 0 Å². The highest BCUT2D eigenvalue weighted by molar-refractivity contribution is 5.94. The van der Waals surface area contributed by atoms with E-state index in [2.05, 4.69) is 11.9 Å². The maximum absolute atomic E-state index is 7.32. The molecule has 3 N–H and O–H groups in total. The van der Waals surface area contributed by atoms with Gasteiger partial charge in [0.2, 0.25) is 0 Å². The van der Waals surface area contributed by atoms with Gasteiger partial charge in [-0.15, -0.1) is 0 Å². The molecule has 1 aromatic carbocycles. The van der Waals surface area contributed by atoms with Gasteiger partial charge in [0.1, 0.15) is 18.2 Å². The highest BCUT2D eigenvalue weighted by Gasteiger charge is 2.18. The number of nitrogen functional groups attached to an aromatic ring is 1. The first kappa shape index (κ1) is 13.9. The molecule has 0 radical (unpaired) electrons. The highest BCUT2D eigenvalue weighted by atomic mass is 16.5. The molecule has 1 saturated carbocycles. The highest BCUT2D eigenvalue weighted by Crippen LogP contribution is 2.26. The molecule has 19 heavy (non-hydrogen) atoms. The molecule has 0 bridgehead atoms. The number of rotatable bonds is 7. The van der Waals surface area contributed by atoms with Crippen LogP contribution in [0, 0.1) is 11.3 Å². The zero-order chi connectivity index (χ0) is 13.7. The van der Waals surface area contributed by atoms with Gasteiger partial charge >= 0.3 is 0 Å². The minimum atomic E-state index is 0.0896. The van der Waals surface area contributed by atoms with Crippen molar-refractivity contribution in [2.75, 3.05) is 26.7 Å². The second-order valence-electron chi connectivity index (χ2n) is 5.35. The normalized spacial score (nSPS) is 15.3. The second-order valence-corrected chi connectivity index (χ2v) is 5.35. The predicted molar refractivity (Wildman–Crippen MR) is 77.8 cm³/mol. The minimum absolute atomic E-state index is 0.0896. The zero-order valence-corrected chi connectivity index (χ0v) is 11.6. The quantitative estimate of drug-likeness (QED) is 0.583. The van der Waals surface area contributed by atoms with Crippen LogP contribution >= 0.6 is 0 Å². The maximum atomic E-state index is 7.32. The molecule has 0 amide bonds. The number of hydrogen-bond donors (Lipinski definition) is 2. The maximum Gasteiger partial charge on any atom is 0.122 e. The van der Waals surface area contributed by atoms with Crippen LogP contribution in [0.15, 0.2) is 24.3 Å². The summed E-state index contributed by atoms with van der Waals surface area (Å²) in [5.41, 5.74) is 6.14. The van der Waals surface area contributed by atoms with E-state index in [9.17, 15) is 0 Å². The van der Waals surface area contributed by atoms with Crippen molar-refractivity contribution in [1.29, 1.82) is 5.41 Å². The van der Waals surface area contributed by atoms with E-state index in [1.807, 2.05) is 24.3 Å². The van der Waals surface area contributed by atoms with E-state index in [-0.39, 0.29) is 5.84 Å². The Morgan fingerprint density at radius 2 is 2.05 bits per heavy atom. The Labute approximate surface area is 115 Å². The summed E-state index contributed by atoms with van der Waals surface area (Å²) in [5.74, 6) is 1.83. The third-order valence-electron chi connectivity index (χ3n) is 3.70. The Bertz CT molecular complexity index is 412. The van der Waals surface area contributed by atoms with Crippen LogP contribution < -0.4 is 10.5 Å². The molecule has 4 heteroatoms. The predicted octanol–water partition coefficient (Wildman–Crippen LogP) is 2.08. The number of nitrogens with one attached hydrogen (secondary N) is 1. The molecule has 0 heterocycles. The van der Waals surface area contributed by atoms with E-state index in [1.54, 1.807) is 0 Å². The van der Waals surface area contributed by atoms with Crippen LogP contribution in [0.2, 0.25) is 0 Å². The fraction of sp³-hybridized carbons (Fsp3) is 0.533. The number of nitrogens with zero attached hydrogens (tertiary/aromatic N) is 1.